The first-order valence-corrected chi connectivity index (χ1v) is 6.52. The summed E-state index contributed by atoms with van der Waals surface area (Å²) in [4.78, 5) is 0. The molecule has 0 fully saturated rings. The highest BCUT2D eigenvalue weighted by atomic mass is 35.5. The van der Waals surface area contributed by atoms with Crippen LogP contribution in [0.4, 0.5) is 17.6 Å². The fraction of sp³-hybridized carbons (Fsp3) is 0.200. The van der Waals surface area contributed by atoms with E-state index in [4.69, 9.17) is 17.3 Å². The van der Waals surface area contributed by atoms with Crippen molar-refractivity contribution in [2.45, 2.75) is 18.6 Å². The van der Waals surface area contributed by atoms with E-state index in [0.717, 1.165) is 17.7 Å². The lowest BCUT2D eigenvalue weighted by atomic mass is 9.98. The van der Waals surface area contributed by atoms with Crippen molar-refractivity contribution in [2.75, 3.05) is 0 Å². The Balaban J connectivity index is 0.00000242. The summed E-state index contributed by atoms with van der Waals surface area (Å²) in [6.45, 7) is 0. The van der Waals surface area contributed by atoms with E-state index in [0.29, 0.717) is 11.4 Å². The van der Waals surface area contributed by atoms with E-state index in [-0.39, 0.29) is 18.0 Å². The summed E-state index contributed by atoms with van der Waals surface area (Å²) in [5, 5.41) is 0.563. The molecule has 1 atom stereocenters. The molecule has 0 radical (unpaired) electrons. The van der Waals surface area contributed by atoms with Gasteiger partial charge in [0, 0.05) is 11.1 Å². The molecular weight excluding hydrogens is 341 g/mol. The molecule has 7 heteroatoms. The quantitative estimate of drug-likeness (QED) is 0.757. The van der Waals surface area contributed by atoms with Crippen LogP contribution in [0.15, 0.2) is 42.5 Å². The summed E-state index contributed by atoms with van der Waals surface area (Å²) in [5.74, 6) is -1.30. The molecule has 0 saturated carbocycles. The highest BCUT2D eigenvalue weighted by molar-refractivity contribution is 6.30. The van der Waals surface area contributed by atoms with Gasteiger partial charge in [-0.2, -0.15) is 13.2 Å². The molecular formula is C15H13Cl2F4N. The van der Waals surface area contributed by atoms with Gasteiger partial charge in [0.15, 0.2) is 0 Å². The van der Waals surface area contributed by atoms with Crippen LogP contribution in [0.3, 0.4) is 0 Å². The van der Waals surface area contributed by atoms with E-state index >= 15 is 0 Å². The van der Waals surface area contributed by atoms with E-state index in [1.54, 1.807) is 24.3 Å². The third kappa shape index (κ3) is 4.60. The molecule has 22 heavy (non-hydrogen) atoms. The molecule has 2 rings (SSSR count). The largest absolute Gasteiger partial charge is 0.419 e. The first-order chi connectivity index (χ1) is 9.77. The normalized spacial score (nSPS) is 12.6. The second-order valence-electron chi connectivity index (χ2n) is 4.67. The van der Waals surface area contributed by atoms with E-state index in [1.165, 1.54) is 6.07 Å². The smallest absolute Gasteiger partial charge is 0.324 e. The molecule has 0 aliphatic heterocycles. The van der Waals surface area contributed by atoms with Crippen LogP contribution in [-0.2, 0) is 12.6 Å². The van der Waals surface area contributed by atoms with Gasteiger partial charge in [-0.1, -0.05) is 29.8 Å². The molecule has 1 unspecified atom stereocenters. The lowest BCUT2D eigenvalue weighted by molar-refractivity contribution is -0.140. The van der Waals surface area contributed by atoms with Crippen LogP contribution in [0.25, 0.3) is 0 Å². The minimum Gasteiger partial charge on any atom is -0.324 e. The van der Waals surface area contributed by atoms with E-state index in [9.17, 15) is 17.6 Å². The Kier molecular flexibility index (Phi) is 6.23. The number of rotatable bonds is 3. The zero-order valence-electron chi connectivity index (χ0n) is 11.2. The van der Waals surface area contributed by atoms with Gasteiger partial charge in [-0.15, -0.1) is 12.4 Å². The molecule has 0 aliphatic carbocycles. The SMILES string of the molecule is Cl.NC(Cc1ccc(Cl)cc1)c1ccc(F)c(C(F)(F)F)c1. The van der Waals surface area contributed by atoms with Crippen molar-refractivity contribution in [3.05, 3.63) is 70.0 Å². The van der Waals surface area contributed by atoms with Gasteiger partial charge < -0.3 is 5.73 Å². The Morgan fingerprint density at radius 1 is 1.05 bits per heavy atom. The van der Waals surface area contributed by atoms with Crippen molar-refractivity contribution >= 4 is 24.0 Å². The van der Waals surface area contributed by atoms with Gasteiger partial charge in [-0.3, -0.25) is 0 Å². The van der Waals surface area contributed by atoms with Gasteiger partial charge >= 0.3 is 6.18 Å². The minimum atomic E-state index is -4.74. The van der Waals surface area contributed by atoms with Crippen LogP contribution in [0.1, 0.15) is 22.7 Å². The number of halogens is 6. The van der Waals surface area contributed by atoms with Crippen LogP contribution in [-0.4, -0.2) is 0 Å². The molecule has 2 aromatic carbocycles. The zero-order valence-corrected chi connectivity index (χ0v) is 12.8. The molecule has 1 nitrogen and oxygen atoms in total. The Morgan fingerprint density at radius 3 is 2.18 bits per heavy atom. The third-order valence-electron chi connectivity index (χ3n) is 3.09. The van der Waals surface area contributed by atoms with Crippen LogP contribution < -0.4 is 5.73 Å². The van der Waals surface area contributed by atoms with Crippen LogP contribution in [0, 0.1) is 5.82 Å². The fourth-order valence-corrected chi connectivity index (χ4v) is 2.11. The Morgan fingerprint density at radius 2 is 1.64 bits per heavy atom. The van der Waals surface area contributed by atoms with Crippen LogP contribution >= 0.6 is 24.0 Å². The first kappa shape index (κ1) is 18.7. The summed E-state index contributed by atoms with van der Waals surface area (Å²) in [6.07, 6.45) is -4.40. The van der Waals surface area contributed by atoms with Crippen molar-refractivity contribution in [1.82, 2.24) is 0 Å². The molecule has 0 heterocycles. The molecule has 0 bridgehead atoms. The molecule has 0 aromatic heterocycles. The summed E-state index contributed by atoms with van der Waals surface area (Å²) in [7, 11) is 0. The van der Waals surface area contributed by atoms with Gasteiger partial charge in [0.1, 0.15) is 5.82 Å². The molecule has 2 aromatic rings. The summed E-state index contributed by atoms with van der Waals surface area (Å²) in [5.41, 5.74) is 5.68. The molecule has 0 aliphatic rings. The van der Waals surface area contributed by atoms with E-state index in [1.807, 2.05) is 0 Å². The van der Waals surface area contributed by atoms with Crippen LogP contribution in [0.5, 0.6) is 0 Å². The second-order valence-corrected chi connectivity index (χ2v) is 5.11. The predicted octanol–water partition coefficient (Wildman–Crippen LogP) is 5.16. The number of hydrogen-bond acceptors (Lipinski definition) is 1. The Bertz CT molecular complexity index is 626. The Labute approximate surface area is 136 Å². The van der Waals surface area contributed by atoms with Gasteiger partial charge in [-0.25, -0.2) is 4.39 Å². The van der Waals surface area contributed by atoms with Crippen molar-refractivity contribution in [1.29, 1.82) is 0 Å². The molecule has 2 N–H and O–H groups in total. The highest BCUT2D eigenvalue weighted by Crippen LogP contribution is 2.33. The maximum atomic E-state index is 13.2. The third-order valence-corrected chi connectivity index (χ3v) is 3.34. The van der Waals surface area contributed by atoms with E-state index < -0.39 is 23.6 Å². The van der Waals surface area contributed by atoms with Crippen molar-refractivity contribution in [2.24, 2.45) is 5.73 Å². The average molecular weight is 354 g/mol. The molecule has 120 valence electrons. The van der Waals surface area contributed by atoms with E-state index in [2.05, 4.69) is 0 Å². The number of alkyl halides is 3. The van der Waals surface area contributed by atoms with Gasteiger partial charge in [-0.05, 0) is 41.8 Å². The standard InChI is InChI=1S/C15H12ClF4N.ClH/c16-11-4-1-9(2-5-11)7-14(21)10-3-6-13(17)12(8-10)15(18,19)20;/h1-6,8,14H,7,21H2;1H. The minimum absolute atomic E-state index is 0. The molecule has 0 spiro atoms. The second kappa shape index (κ2) is 7.31. The predicted molar refractivity (Wildman–Crippen MR) is 80.7 cm³/mol. The average Bonchev–Trinajstić information content (AvgIpc) is 2.40. The highest BCUT2D eigenvalue weighted by Gasteiger charge is 2.34. The summed E-state index contributed by atoms with van der Waals surface area (Å²) >= 11 is 5.76. The van der Waals surface area contributed by atoms with Gasteiger partial charge in [0.25, 0.3) is 0 Å². The summed E-state index contributed by atoms with van der Waals surface area (Å²) < 4.78 is 51.2. The lowest BCUT2D eigenvalue weighted by Gasteiger charge is -2.15. The van der Waals surface area contributed by atoms with Crippen molar-refractivity contribution in [3.8, 4) is 0 Å². The topological polar surface area (TPSA) is 26.0 Å². The van der Waals surface area contributed by atoms with Crippen LogP contribution in [0.2, 0.25) is 5.02 Å². The number of benzene rings is 2. The maximum absolute atomic E-state index is 13.2. The molecule has 0 saturated heterocycles. The molecule has 0 amide bonds. The summed E-state index contributed by atoms with van der Waals surface area (Å²) in [6, 6.07) is 9.01. The zero-order chi connectivity index (χ0) is 15.6. The van der Waals surface area contributed by atoms with Crippen molar-refractivity contribution < 1.29 is 17.6 Å². The number of nitrogens with two attached hydrogens (primary N) is 1. The van der Waals surface area contributed by atoms with Gasteiger partial charge in [0.05, 0.1) is 5.56 Å². The Hall–Kier alpha value is -1.30. The number of hydrogen-bond donors (Lipinski definition) is 1. The van der Waals surface area contributed by atoms with Gasteiger partial charge in [0.2, 0.25) is 0 Å². The lowest BCUT2D eigenvalue weighted by Crippen LogP contribution is -2.16. The fourth-order valence-electron chi connectivity index (χ4n) is 1.98. The van der Waals surface area contributed by atoms with Crippen molar-refractivity contribution in [3.63, 3.8) is 0 Å². The first-order valence-electron chi connectivity index (χ1n) is 6.14. The maximum Gasteiger partial charge on any atom is 0.419 e. The monoisotopic (exact) mass is 353 g/mol.